The zero-order chi connectivity index (χ0) is 17.1. The van der Waals surface area contributed by atoms with E-state index in [2.05, 4.69) is 59.2 Å². The molecule has 2 aliphatic rings. The first-order valence-electron chi connectivity index (χ1n) is 9.34. The summed E-state index contributed by atoms with van der Waals surface area (Å²) in [4.78, 5) is 12.8. The monoisotopic (exact) mass is 334 g/mol. The standard InChI is InChI=1S/C22H26N2O/c25-21(20-15-22(20)11-12-23-16-22)24-19(13-17-7-3-1-4-8-17)14-18-9-5-2-6-10-18/h1-10,19-20,23H,11-16H2,(H,24,25). The van der Waals surface area contributed by atoms with Crippen LogP contribution < -0.4 is 10.6 Å². The highest BCUT2D eigenvalue weighted by Crippen LogP contribution is 2.56. The quantitative estimate of drug-likeness (QED) is 0.853. The molecule has 2 N–H and O–H groups in total. The fourth-order valence-corrected chi connectivity index (χ4v) is 4.23. The Morgan fingerprint density at radius 3 is 2.16 bits per heavy atom. The van der Waals surface area contributed by atoms with Crippen LogP contribution >= 0.6 is 0 Å². The number of carbonyl (C=O) groups excluding carboxylic acids is 1. The molecule has 130 valence electrons. The van der Waals surface area contributed by atoms with Crippen molar-refractivity contribution in [3.63, 3.8) is 0 Å². The Balaban J connectivity index is 1.44. The van der Waals surface area contributed by atoms with Gasteiger partial charge in [0.1, 0.15) is 0 Å². The molecule has 3 heteroatoms. The second kappa shape index (κ2) is 7.01. The van der Waals surface area contributed by atoms with E-state index < -0.39 is 0 Å². The van der Waals surface area contributed by atoms with Crippen molar-refractivity contribution in [1.29, 1.82) is 0 Å². The molecule has 1 saturated heterocycles. The lowest BCUT2D eigenvalue weighted by atomic mass is 9.98. The minimum Gasteiger partial charge on any atom is -0.352 e. The Hall–Kier alpha value is -2.13. The van der Waals surface area contributed by atoms with Crippen LogP contribution in [0.3, 0.4) is 0 Å². The maximum atomic E-state index is 12.8. The Bertz CT molecular complexity index is 666. The van der Waals surface area contributed by atoms with Gasteiger partial charge in [-0.1, -0.05) is 60.7 Å². The molecule has 3 nitrogen and oxygen atoms in total. The van der Waals surface area contributed by atoms with Crippen molar-refractivity contribution in [2.45, 2.75) is 31.7 Å². The van der Waals surface area contributed by atoms with Gasteiger partial charge in [-0.25, -0.2) is 0 Å². The molecule has 1 amide bonds. The predicted octanol–water partition coefficient (Wildman–Crippen LogP) is 2.96. The molecule has 1 spiro atoms. The number of amides is 1. The summed E-state index contributed by atoms with van der Waals surface area (Å²) in [7, 11) is 0. The maximum Gasteiger partial charge on any atom is 0.223 e. The topological polar surface area (TPSA) is 41.1 Å². The number of benzene rings is 2. The van der Waals surface area contributed by atoms with Crippen LogP contribution in [-0.2, 0) is 17.6 Å². The second-order valence-electron chi connectivity index (χ2n) is 7.63. The molecule has 2 unspecified atom stereocenters. The molecule has 25 heavy (non-hydrogen) atoms. The third-order valence-corrected chi connectivity index (χ3v) is 5.78. The van der Waals surface area contributed by atoms with E-state index in [0.29, 0.717) is 0 Å². The van der Waals surface area contributed by atoms with Crippen LogP contribution in [0.2, 0.25) is 0 Å². The molecule has 4 rings (SSSR count). The smallest absolute Gasteiger partial charge is 0.223 e. The lowest BCUT2D eigenvalue weighted by Gasteiger charge is -2.20. The van der Waals surface area contributed by atoms with Gasteiger partial charge in [0.2, 0.25) is 5.91 Å². The fourth-order valence-electron chi connectivity index (χ4n) is 4.23. The summed E-state index contributed by atoms with van der Waals surface area (Å²) < 4.78 is 0. The van der Waals surface area contributed by atoms with Gasteiger partial charge >= 0.3 is 0 Å². The summed E-state index contributed by atoms with van der Waals surface area (Å²) in [5, 5.41) is 6.77. The molecule has 0 aromatic heterocycles. The lowest BCUT2D eigenvalue weighted by molar-refractivity contribution is -0.123. The first-order valence-corrected chi connectivity index (χ1v) is 9.34. The Morgan fingerprint density at radius 2 is 1.64 bits per heavy atom. The highest BCUT2D eigenvalue weighted by Gasteiger charge is 2.59. The predicted molar refractivity (Wildman–Crippen MR) is 100 cm³/mol. The van der Waals surface area contributed by atoms with Crippen molar-refractivity contribution >= 4 is 5.91 Å². The van der Waals surface area contributed by atoms with Crippen molar-refractivity contribution in [1.82, 2.24) is 10.6 Å². The number of carbonyl (C=O) groups is 1. The van der Waals surface area contributed by atoms with Crippen molar-refractivity contribution in [2.24, 2.45) is 11.3 Å². The van der Waals surface area contributed by atoms with E-state index in [0.717, 1.165) is 38.8 Å². The summed E-state index contributed by atoms with van der Waals surface area (Å²) in [6.45, 7) is 2.06. The second-order valence-corrected chi connectivity index (χ2v) is 7.63. The molecule has 2 aromatic carbocycles. The van der Waals surface area contributed by atoms with Gasteiger partial charge in [-0.15, -0.1) is 0 Å². The zero-order valence-electron chi connectivity index (χ0n) is 14.6. The third kappa shape index (κ3) is 3.77. The summed E-state index contributed by atoms with van der Waals surface area (Å²) >= 11 is 0. The molecule has 0 bridgehead atoms. The number of hydrogen-bond donors (Lipinski definition) is 2. The molecule has 2 fully saturated rings. The fraction of sp³-hybridized carbons (Fsp3) is 0.409. The number of nitrogens with one attached hydrogen (secondary N) is 2. The Labute approximate surface area is 149 Å². The zero-order valence-corrected chi connectivity index (χ0v) is 14.6. The van der Waals surface area contributed by atoms with Gasteiger partial charge in [-0.05, 0) is 48.8 Å². The average Bonchev–Trinajstić information content (AvgIpc) is 3.14. The molecule has 1 aliphatic carbocycles. The van der Waals surface area contributed by atoms with Gasteiger partial charge in [-0.2, -0.15) is 0 Å². The first-order chi connectivity index (χ1) is 12.3. The van der Waals surface area contributed by atoms with E-state index in [1.54, 1.807) is 0 Å². The highest BCUT2D eigenvalue weighted by molar-refractivity contribution is 5.83. The SMILES string of the molecule is O=C(NC(Cc1ccccc1)Cc1ccccc1)C1CC12CCNC2. The first kappa shape index (κ1) is 16.3. The summed E-state index contributed by atoms with van der Waals surface area (Å²) in [6, 6.07) is 21.1. The Morgan fingerprint density at radius 1 is 1.04 bits per heavy atom. The highest BCUT2D eigenvalue weighted by atomic mass is 16.2. The van der Waals surface area contributed by atoms with E-state index in [1.807, 2.05) is 12.1 Å². The molecule has 1 heterocycles. The van der Waals surface area contributed by atoms with Crippen molar-refractivity contribution in [2.75, 3.05) is 13.1 Å². The normalized spacial score (nSPS) is 24.6. The van der Waals surface area contributed by atoms with E-state index in [9.17, 15) is 4.79 Å². The van der Waals surface area contributed by atoms with Gasteiger partial charge in [0.15, 0.2) is 0 Å². The lowest BCUT2D eigenvalue weighted by Crippen LogP contribution is -2.40. The van der Waals surface area contributed by atoms with Gasteiger partial charge in [0.25, 0.3) is 0 Å². The summed E-state index contributed by atoms with van der Waals surface area (Å²) in [5.74, 6) is 0.456. The average molecular weight is 334 g/mol. The van der Waals surface area contributed by atoms with Crippen LogP contribution in [0.1, 0.15) is 24.0 Å². The van der Waals surface area contributed by atoms with Crippen LogP contribution in [0.15, 0.2) is 60.7 Å². The number of hydrogen-bond acceptors (Lipinski definition) is 2. The molecule has 1 saturated carbocycles. The van der Waals surface area contributed by atoms with Gasteiger partial charge < -0.3 is 10.6 Å². The van der Waals surface area contributed by atoms with Crippen LogP contribution in [0.25, 0.3) is 0 Å². The minimum atomic E-state index is 0.143. The molecule has 1 aliphatic heterocycles. The van der Waals surface area contributed by atoms with Crippen LogP contribution in [-0.4, -0.2) is 25.0 Å². The van der Waals surface area contributed by atoms with Gasteiger partial charge in [0.05, 0.1) is 0 Å². The largest absolute Gasteiger partial charge is 0.352 e. The summed E-state index contributed by atoms with van der Waals surface area (Å²) in [6.07, 6.45) is 3.95. The summed E-state index contributed by atoms with van der Waals surface area (Å²) in [5.41, 5.74) is 2.81. The van der Waals surface area contributed by atoms with Crippen molar-refractivity contribution in [3.8, 4) is 0 Å². The molecule has 2 atom stereocenters. The third-order valence-electron chi connectivity index (χ3n) is 5.78. The Kier molecular flexibility index (Phi) is 4.58. The number of rotatable bonds is 6. The molecule has 2 aromatic rings. The molecule has 0 radical (unpaired) electrons. The minimum absolute atomic E-state index is 0.143. The van der Waals surface area contributed by atoms with Crippen LogP contribution in [0, 0.1) is 11.3 Å². The van der Waals surface area contributed by atoms with Crippen LogP contribution in [0.4, 0.5) is 0 Å². The van der Waals surface area contributed by atoms with Crippen molar-refractivity contribution < 1.29 is 4.79 Å². The van der Waals surface area contributed by atoms with Gasteiger partial charge in [0, 0.05) is 18.5 Å². The molecular weight excluding hydrogens is 308 g/mol. The molecular formula is C22H26N2O. The van der Waals surface area contributed by atoms with Crippen LogP contribution in [0.5, 0.6) is 0 Å². The van der Waals surface area contributed by atoms with E-state index in [-0.39, 0.29) is 23.3 Å². The van der Waals surface area contributed by atoms with E-state index >= 15 is 0 Å². The van der Waals surface area contributed by atoms with E-state index in [4.69, 9.17) is 0 Å². The van der Waals surface area contributed by atoms with E-state index in [1.165, 1.54) is 11.1 Å². The maximum absolute atomic E-state index is 12.8. The van der Waals surface area contributed by atoms with Crippen molar-refractivity contribution in [3.05, 3.63) is 71.8 Å². The van der Waals surface area contributed by atoms with Gasteiger partial charge in [-0.3, -0.25) is 4.79 Å².